The molecule has 2 rings (SSSR count). The minimum atomic E-state index is -0.298. The molecule has 1 amide bonds. The highest BCUT2D eigenvalue weighted by atomic mass is 35.5. The highest BCUT2D eigenvalue weighted by molar-refractivity contribution is 6.37. The molecule has 1 N–H and O–H groups in total. The molecule has 4 nitrogen and oxygen atoms in total. The molecule has 0 aliphatic heterocycles. The predicted molar refractivity (Wildman–Crippen MR) is 90.1 cm³/mol. The molecule has 0 fully saturated rings. The van der Waals surface area contributed by atoms with Gasteiger partial charge in [-0.3, -0.25) is 4.79 Å². The van der Waals surface area contributed by atoms with E-state index in [1.165, 1.54) is 19.2 Å². The lowest BCUT2D eigenvalue weighted by Crippen LogP contribution is -2.26. The molecule has 118 valence electrons. The normalized spacial score (nSPS) is 11.4. The van der Waals surface area contributed by atoms with Crippen LogP contribution in [0.1, 0.15) is 34.5 Å². The van der Waals surface area contributed by atoms with Gasteiger partial charge in [0, 0.05) is 5.56 Å². The number of carbonyl (C=O) groups is 1. The van der Waals surface area contributed by atoms with Gasteiger partial charge in [0.05, 0.1) is 34.8 Å². The van der Waals surface area contributed by atoms with Crippen LogP contribution in [0.4, 0.5) is 0 Å². The van der Waals surface area contributed by atoms with Crippen molar-refractivity contribution >= 4 is 29.1 Å². The summed E-state index contributed by atoms with van der Waals surface area (Å²) >= 11 is 12.1. The minimum absolute atomic E-state index is 0.227. The summed E-state index contributed by atoms with van der Waals surface area (Å²) in [5.74, 6) is 0.0401. The number of rotatable bonds is 4. The number of hydrogen-bond acceptors (Lipinski definition) is 3. The van der Waals surface area contributed by atoms with Crippen LogP contribution in [0.5, 0.6) is 5.75 Å². The second kappa shape index (κ2) is 7.36. The first kappa shape index (κ1) is 17.1. The van der Waals surface area contributed by atoms with Crippen LogP contribution >= 0.6 is 23.2 Å². The van der Waals surface area contributed by atoms with Gasteiger partial charge in [-0.1, -0.05) is 35.3 Å². The highest BCUT2D eigenvalue weighted by Gasteiger charge is 2.16. The van der Waals surface area contributed by atoms with E-state index in [0.29, 0.717) is 16.9 Å². The molecular weight excluding hydrogens is 335 g/mol. The Balaban J connectivity index is 2.16. The maximum atomic E-state index is 12.3. The Morgan fingerprint density at radius 3 is 2.26 bits per heavy atom. The maximum absolute atomic E-state index is 12.3. The van der Waals surface area contributed by atoms with Crippen LogP contribution in [0.25, 0.3) is 0 Å². The summed E-state index contributed by atoms with van der Waals surface area (Å²) in [6.45, 7) is 1.85. The Morgan fingerprint density at radius 1 is 1.22 bits per heavy atom. The Hall–Kier alpha value is -2.22. The number of nitrogens with zero attached hydrogens (tertiary/aromatic N) is 1. The van der Waals surface area contributed by atoms with Gasteiger partial charge in [0.25, 0.3) is 5.91 Å². The zero-order chi connectivity index (χ0) is 17.0. The summed E-state index contributed by atoms with van der Waals surface area (Å²) in [6.07, 6.45) is 0. The number of nitriles is 1. The van der Waals surface area contributed by atoms with Gasteiger partial charge in [-0.25, -0.2) is 0 Å². The highest BCUT2D eigenvalue weighted by Crippen LogP contribution is 2.33. The number of methoxy groups -OCH3 is 1. The molecule has 0 aromatic heterocycles. The lowest BCUT2D eigenvalue weighted by atomic mass is 10.1. The molecule has 0 saturated heterocycles. The summed E-state index contributed by atoms with van der Waals surface area (Å²) in [5, 5.41) is 12.2. The van der Waals surface area contributed by atoms with Crippen LogP contribution in [0, 0.1) is 11.3 Å². The van der Waals surface area contributed by atoms with Crippen molar-refractivity contribution in [2.45, 2.75) is 13.0 Å². The number of ether oxygens (including phenoxy) is 1. The fourth-order valence-corrected chi connectivity index (χ4v) is 2.74. The van der Waals surface area contributed by atoms with Gasteiger partial charge in [0.1, 0.15) is 0 Å². The molecule has 0 heterocycles. The lowest BCUT2D eigenvalue weighted by Gasteiger charge is -2.15. The summed E-state index contributed by atoms with van der Waals surface area (Å²) in [5.41, 5.74) is 1.81. The van der Waals surface area contributed by atoms with Crippen molar-refractivity contribution in [1.29, 1.82) is 5.26 Å². The van der Waals surface area contributed by atoms with Crippen LogP contribution in [0.2, 0.25) is 10.0 Å². The largest absolute Gasteiger partial charge is 0.494 e. The fourth-order valence-electron chi connectivity index (χ4n) is 2.10. The third kappa shape index (κ3) is 3.95. The Kier molecular flexibility index (Phi) is 5.49. The average molecular weight is 349 g/mol. The van der Waals surface area contributed by atoms with Crippen molar-refractivity contribution in [3.05, 3.63) is 63.1 Å². The quantitative estimate of drug-likeness (QED) is 0.892. The lowest BCUT2D eigenvalue weighted by molar-refractivity contribution is 0.0940. The van der Waals surface area contributed by atoms with Crippen molar-refractivity contribution in [3.63, 3.8) is 0 Å². The van der Waals surface area contributed by atoms with Crippen molar-refractivity contribution < 1.29 is 9.53 Å². The number of hydrogen-bond donors (Lipinski definition) is 1. The SMILES string of the molecule is COc1c(Cl)cc(C(=O)NC(C)c2ccc(C#N)cc2)cc1Cl. The summed E-state index contributed by atoms with van der Waals surface area (Å²) < 4.78 is 5.06. The van der Waals surface area contributed by atoms with Gasteiger partial charge in [0.15, 0.2) is 5.75 Å². The van der Waals surface area contributed by atoms with Gasteiger partial charge < -0.3 is 10.1 Å². The zero-order valence-electron chi connectivity index (χ0n) is 12.6. The molecule has 23 heavy (non-hydrogen) atoms. The van der Waals surface area contributed by atoms with E-state index in [1.54, 1.807) is 24.3 Å². The van der Waals surface area contributed by atoms with E-state index in [-0.39, 0.29) is 22.0 Å². The standard InChI is InChI=1S/C17H14Cl2N2O2/c1-10(12-5-3-11(9-20)4-6-12)21-17(22)13-7-14(18)16(23-2)15(19)8-13/h3-8,10H,1-2H3,(H,21,22). The third-order valence-electron chi connectivity index (χ3n) is 3.35. The Morgan fingerprint density at radius 2 is 1.78 bits per heavy atom. The third-order valence-corrected chi connectivity index (χ3v) is 3.91. The molecule has 2 aromatic carbocycles. The topological polar surface area (TPSA) is 62.1 Å². The molecule has 1 atom stereocenters. The molecule has 0 spiro atoms. The van der Waals surface area contributed by atoms with Gasteiger partial charge in [-0.05, 0) is 36.8 Å². The van der Waals surface area contributed by atoms with Crippen molar-refractivity contribution in [2.24, 2.45) is 0 Å². The van der Waals surface area contributed by atoms with E-state index in [0.717, 1.165) is 5.56 Å². The van der Waals surface area contributed by atoms with Crippen molar-refractivity contribution in [1.82, 2.24) is 5.32 Å². The molecule has 6 heteroatoms. The molecular formula is C17H14Cl2N2O2. The smallest absolute Gasteiger partial charge is 0.251 e. The second-order valence-electron chi connectivity index (χ2n) is 4.90. The summed E-state index contributed by atoms with van der Waals surface area (Å²) in [6, 6.07) is 11.9. The average Bonchev–Trinajstić information content (AvgIpc) is 2.54. The van der Waals surface area contributed by atoms with E-state index in [1.807, 2.05) is 6.92 Å². The fraction of sp³-hybridized carbons (Fsp3) is 0.176. The van der Waals surface area contributed by atoms with E-state index in [9.17, 15) is 4.79 Å². The van der Waals surface area contributed by atoms with Crippen molar-refractivity contribution in [2.75, 3.05) is 7.11 Å². The zero-order valence-corrected chi connectivity index (χ0v) is 14.1. The van der Waals surface area contributed by atoms with Crippen LogP contribution in [-0.2, 0) is 0 Å². The molecule has 1 unspecified atom stereocenters. The molecule has 0 bridgehead atoms. The number of nitrogens with one attached hydrogen (secondary N) is 1. The molecule has 2 aromatic rings. The number of amides is 1. The number of carbonyl (C=O) groups excluding carboxylic acids is 1. The Bertz CT molecular complexity index is 744. The van der Waals surface area contributed by atoms with E-state index in [2.05, 4.69) is 11.4 Å². The monoisotopic (exact) mass is 348 g/mol. The molecule has 0 aliphatic rings. The first-order valence-corrected chi connectivity index (χ1v) is 7.55. The molecule has 0 saturated carbocycles. The van der Waals surface area contributed by atoms with Crippen molar-refractivity contribution in [3.8, 4) is 11.8 Å². The van der Waals surface area contributed by atoms with Gasteiger partial charge in [-0.15, -0.1) is 0 Å². The molecule has 0 aliphatic carbocycles. The van der Waals surface area contributed by atoms with Gasteiger partial charge in [0.2, 0.25) is 0 Å². The second-order valence-corrected chi connectivity index (χ2v) is 5.72. The first-order chi connectivity index (χ1) is 11.0. The predicted octanol–water partition coefficient (Wildman–Crippen LogP) is 4.36. The van der Waals surface area contributed by atoms with E-state index >= 15 is 0 Å². The van der Waals surface area contributed by atoms with E-state index < -0.39 is 0 Å². The maximum Gasteiger partial charge on any atom is 0.251 e. The molecule has 0 radical (unpaired) electrons. The van der Waals surface area contributed by atoms with E-state index in [4.69, 9.17) is 33.2 Å². The van der Waals surface area contributed by atoms with Crippen LogP contribution in [0.3, 0.4) is 0 Å². The van der Waals surface area contributed by atoms with Crippen LogP contribution < -0.4 is 10.1 Å². The number of halogens is 2. The van der Waals surface area contributed by atoms with Crippen LogP contribution in [-0.4, -0.2) is 13.0 Å². The summed E-state index contributed by atoms with van der Waals surface area (Å²) in [7, 11) is 1.46. The van der Waals surface area contributed by atoms with Gasteiger partial charge in [-0.2, -0.15) is 5.26 Å². The minimum Gasteiger partial charge on any atom is -0.494 e. The van der Waals surface area contributed by atoms with Gasteiger partial charge >= 0.3 is 0 Å². The summed E-state index contributed by atoms with van der Waals surface area (Å²) in [4.78, 5) is 12.3. The Labute approximate surface area is 144 Å². The first-order valence-electron chi connectivity index (χ1n) is 6.80. The number of benzene rings is 2. The van der Waals surface area contributed by atoms with Crippen LogP contribution in [0.15, 0.2) is 36.4 Å².